The first kappa shape index (κ1) is 14.2. The van der Waals surface area contributed by atoms with Gasteiger partial charge < -0.3 is 14.9 Å². The second-order valence-corrected chi connectivity index (χ2v) is 3.77. The summed E-state index contributed by atoms with van der Waals surface area (Å²) in [4.78, 5) is 0. The van der Waals surface area contributed by atoms with Crippen LogP contribution >= 0.6 is 0 Å². The Morgan fingerprint density at radius 1 is 0.933 bits per heavy atom. The minimum atomic E-state index is 0.203. The Bertz CT molecular complexity index is 167. The molecule has 0 radical (unpaired) electrons. The van der Waals surface area contributed by atoms with Crippen LogP contribution in [0.2, 0.25) is 0 Å². The van der Waals surface area contributed by atoms with Gasteiger partial charge >= 0.3 is 0 Å². The van der Waals surface area contributed by atoms with E-state index >= 15 is 0 Å². The fraction of sp³-hybridized carbons (Fsp3) is 0.667. The average molecular weight is 214 g/mol. The first-order valence-corrected chi connectivity index (χ1v) is 5.41. The molecule has 15 heavy (non-hydrogen) atoms. The minimum absolute atomic E-state index is 0.203. The summed E-state index contributed by atoms with van der Waals surface area (Å²) >= 11 is 0. The van der Waals surface area contributed by atoms with Gasteiger partial charge in [-0.05, 0) is 36.8 Å². The summed E-state index contributed by atoms with van der Waals surface area (Å²) in [6, 6.07) is 0. The van der Waals surface area contributed by atoms with Crippen molar-refractivity contribution >= 4 is 0 Å². The van der Waals surface area contributed by atoms with E-state index in [0.717, 1.165) is 12.8 Å². The highest BCUT2D eigenvalue weighted by Crippen LogP contribution is 2.04. The van der Waals surface area contributed by atoms with Crippen molar-refractivity contribution in [2.45, 2.75) is 26.7 Å². The maximum Gasteiger partial charge on any atom is 0.0864 e. The van der Waals surface area contributed by atoms with Gasteiger partial charge in [-0.2, -0.15) is 0 Å². The van der Waals surface area contributed by atoms with Gasteiger partial charge in [-0.3, -0.25) is 0 Å². The third-order valence-electron chi connectivity index (χ3n) is 2.14. The molecule has 0 aromatic rings. The second-order valence-electron chi connectivity index (χ2n) is 3.77. The van der Waals surface area contributed by atoms with Crippen LogP contribution in [0.4, 0.5) is 0 Å². The van der Waals surface area contributed by atoms with Crippen molar-refractivity contribution in [3.8, 4) is 0 Å². The van der Waals surface area contributed by atoms with Gasteiger partial charge in [0.1, 0.15) is 0 Å². The van der Waals surface area contributed by atoms with Crippen molar-refractivity contribution in [1.82, 2.24) is 0 Å². The summed E-state index contributed by atoms with van der Waals surface area (Å²) < 4.78 is 5.14. The molecule has 0 saturated heterocycles. The summed E-state index contributed by atoms with van der Waals surface area (Å²) in [5, 5.41) is 17.3. The van der Waals surface area contributed by atoms with E-state index in [2.05, 4.69) is 0 Å². The Kier molecular flexibility index (Phi) is 9.22. The summed E-state index contributed by atoms with van der Waals surface area (Å²) in [7, 11) is 0. The van der Waals surface area contributed by atoms with Crippen molar-refractivity contribution in [2.75, 3.05) is 13.2 Å². The monoisotopic (exact) mass is 214 g/mol. The molecule has 0 bridgehead atoms. The zero-order valence-corrected chi connectivity index (χ0v) is 9.60. The number of ether oxygens (including phenoxy) is 1. The van der Waals surface area contributed by atoms with Gasteiger partial charge in [-0.25, -0.2) is 0 Å². The fourth-order valence-corrected chi connectivity index (χ4v) is 1.00. The van der Waals surface area contributed by atoms with Crippen LogP contribution in [-0.2, 0) is 4.74 Å². The number of hydrogen-bond acceptors (Lipinski definition) is 3. The molecule has 2 atom stereocenters. The standard InChI is InChI=1S/C12H22O3/c1-11(3-7-13)5-9-15-10-6-12(2)4-8-14/h5-6,9-14H,3-4,7-8H2,1-2H3. The van der Waals surface area contributed by atoms with Crippen LogP contribution in [0.25, 0.3) is 0 Å². The topological polar surface area (TPSA) is 49.7 Å². The Hall–Kier alpha value is -0.800. The molecule has 2 unspecified atom stereocenters. The highest BCUT2D eigenvalue weighted by molar-refractivity contribution is 4.85. The summed E-state index contributed by atoms with van der Waals surface area (Å²) in [6.45, 7) is 4.45. The van der Waals surface area contributed by atoms with Crippen molar-refractivity contribution in [3.05, 3.63) is 24.7 Å². The van der Waals surface area contributed by atoms with Gasteiger partial charge in [0.15, 0.2) is 0 Å². The smallest absolute Gasteiger partial charge is 0.0864 e. The fourth-order valence-electron chi connectivity index (χ4n) is 1.00. The lowest BCUT2D eigenvalue weighted by atomic mass is 10.1. The van der Waals surface area contributed by atoms with E-state index in [1.807, 2.05) is 26.0 Å². The predicted octanol–water partition coefficient (Wildman–Crippen LogP) is 2.07. The molecule has 0 aromatic carbocycles. The van der Waals surface area contributed by atoms with E-state index in [-0.39, 0.29) is 13.2 Å². The molecular weight excluding hydrogens is 192 g/mol. The lowest BCUT2D eigenvalue weighted by Crippen LogP contribution is -1.94. The first-order chi connectivity index (χ1) is 7.20. The van der Waals surface area contributed by atoms with Gasteiger partial charge in [0.25, 0.3) is 0 Å². The molecule has 0 fully saturated rings. The van der Waals surface area contributed by atoms with Crippen LogP contribution in [-0.4, -0.2) is 23.4 Å². The second kappa shape index (κ2) is 9.74. The van der Waals surface area contributed by atoms with E-state index in [9.17, 15) is 0 Å². The Morgan fingerprint density at radius 3 is 1.67 bits per heavy atom. The molecule has 3 heteroatoms. The lowest BCUT2D eigenvalue weighted by molar-refractivity contribution is 0.272. The number of allylic oxidation sites excluding steroid dienone is 2. The highest BCUT2D eigenvalue weighted by atomic mass is 16.5. The van der Waals surface area contributed by atoms with Crippen LogP contribution in [0, 0.1) is 11.8 Å². The van der Waals surface area contributed by atoms with E-state index in [1.54, 1.807) is 12.5 Å². The zero-order chi connectivity index (χ0) is 11.5. The summed E-state index contributed by atoms with van der Waals surface area (Å²) in [5.74, 6) is 0.663. The molecule has 2 N–H and O–H groups in total. The Balaban J connectivity index is 3.59. The van der Waals surface area contributed by atoms with Crippen LogP contribution in [0.3, 0.4) is 0 Å². The molecule has 0 amide bonds. The van der Waals surface area contributed by atoms with Crippen LogP contribution in [0.15, 0.2) is 24.7 Å². The maximum atomic E-state index is 8.66. The number of hydrogen-bond donors (Lipinski definition) is 2. The molecule has 88 valence electrons. The van der Waals surface area contributed by atoms with Crippen molar-refractivity contribution in [3.63, 3.8) is 0 Å². The number of aliphatic hydroxyl groups is 2. The molecule has 0 aliphatic carbocycles. The normalized spacial score (nSPS) is 16.0. The molecule has 0 aromatic heterocycles. The van der Waals surface area contributed by atoms with Crippen LogP contribution in [0.1, 0.15) is 26.7 Å². The Labute approximate surface area is 92.1 Å². The summed E-state index contributed by atoms with van der Waals surface area (Å²) in [5.41, 5.74) is 0. The van der Waals surface area contributed by atoms with Gasteiger partial charge in [-0.15, -0.1) is 0 Å². The lowest BCUT2D eigenvalue weighted by Gasteiger charge is -2.02. The average Bonchev–Trinajstić information content (AvgIpc) is 2.18. The Morgan fingerprint density at radius 2 is 1.33 bits per heavy atom. The van der Waals surface area contributed by atoms with Gasteiger partial charge in [0, 0.05) is 13.2 Å². The van der Waals surface area contributed by atoms with Crippen molar-refractivity contribution < 1.29 is 14.9 Å². The number of rotatable bonds is 8. The van der Waals surface area contributed by atoms with Crippen LogP contribution in [0.5, 0.6) is 0 Å². The molecule has 0 rings (SSSR count). The summed E-state index contributed by atoms with van der Waals surface area (Å²) in [6.07, 6.45) is 8.59. The molecule has 0 aliphatic heterocycles. The SMILES string of the molecule is CC(C=COC=CC(C)CCO)CCO. The predicted molar refractivity (Wildman–Crippen MR) is 61.1 cm³/mol. The highest BCUT2D eigenvalue weighted by Gasteiger charge is 1.95. The van der Waals surface area contributed by atoms with Crippen molar-refractivity contribution in [1.29, 1.82) is 0 Å². The third-order valence-corrected chi connectivity index (χ3v) is 2.14. The van der Waals surface area contributed by atoms with Crippen LogP contribution < -0.4 is 0 Å². The van der Waals surface area contributed by atoms with Gasteiger partial charge in [0.2, 0.25) is 0 Å². The van der Waals surface area contributed by atoms with E-state index in [4.69, 9.17) is 14.9 Å². The third kappa shape index (κ3) is 9.50. The van der Waals surface area contributed by atoms with Gasteiger partial charge in [0.05, 0.1) is 12.5 Å². The zero-order valence-electron chi connectivity index (χ0n) is 9.60. The quantitative estimate of drug-likeness (QED) is 0.608. The molecule has 0 heterocycles. The van der Waals surface area contributed by atoms with E-state index in [1.165, 1.54) is 0 Å². The minimum Gasteiger partial charge on any atom is -0.473 e. The van der Waals surface area contributed by atoms with E-state index < -0.39 is 0 Å². The molecule has 0 aliphatic rings. The van der Waals surface area contributed by atoms with Gasteiger partial charge in [-0.1, -0.05) is 13.8 Å². The maximum absolute atomic E-state index is 8.66. The molecule has 3 nitrogen and oxygen atoms in total. The van der Waals surface area contributed by atoms with Crippen molar-refractivity contribution in [2.24, 2.45) is 11.8 Å². The van der Waals surface area contributed by atoms with E-state index in [0.29, 0.717) is 11.8 Å². The first-order valence-electron chi connectivity index (χ1n) is 5.41. The molecule has 0 spiro atoms. The largest absolute Gasteiger partial charge is 0.473 e. The molecule has 0 saturated carbocycles. The molecular formula is C12H22O3. The number of aliphatic hydroxyl groups excluding tert-OH is 2.